The molecule has 0 unspecified atom stereocenters. The van der Waals surface area contributed by atoms with Gasteiger partial charge < -0.3 is 25.0 Å². The van der Waals surface area contributed by atoms with E-state index < -0.39 is 30.4 Å². The Kier molecular flexibility index (Phi) is 5.42. The second-order valence-electron chi connectivity index (χ2n) is 6.86. The number of carboxylic acid groups (broad SMARTS) is 1. The average Bonchev–Trinajstić information content (AvgIpc) is 2.77. The van der Waals surface area contributed by atoms with Crippen LogP contribution in [0.3, 0.4) is 0 Å². The van der Waals surface area contributed by atoms with Crippen molar-refractivity contribution in [3.63, 3.8) is 0 Å². The third-order valence-electron chi connectivity index (χ3n) is 4.57. The smallest absolute Gasteiger partial charge is 0.356 e. The molecule has 10 nitrogen and oxygen atoms in total. The molecule has 3 heterocycles. The largest absolute Gasteiger partial charge is 0.494 e. The van der Waals surface area contributed by atoms with Gasteiger partial charge >= 0.3 is 11.9 Å². The topological polar surface area (TPSA) is 121 Å². The Hall–Kier alpha value is -3.57. The number of alkyl halides is 2. The van der Waals surface area contributed by atoms with E-state index in [9.17, 15) is 23.5 Å². The molecule has 0 saturated carbocycles. The number of nitrogens with zero attached hydrogens (tertiary/aromatic N) is 5. The summed E-state index contributed by atoms with van der Waals surface area (Å²) in [7, 11) is 2.58. The molecule has 1 amide bonds. The van der Waals surface area contributed by atoms with Crippen LogP contribution in [0.4, 0.5) is 31.9 Å². The van der Waals surface area contributed by atoms with Crippen molar-refractivity contribution >= 4 is 35.0 Å². The lowest BCUT2D eigenvalue weighted by molar-refractivity contribution is -0.140. The number of aromatic nitrogens is 3. The Labute approximate surface area is 170 Å². The molecule has 2 aromatic heterocycles. The van der Waals surface area contributed by atoms with Crippen LogP contribution in [0.2, 0.25) is 0 Å². The summed E-state index contributed by atoms with van der Waals surface area (Å²) in [5.41, 5.74) is -0.215. The van der Waals surface area contributed by atoms with Crippen molar-refractivity contribution < 1.29 is 28.2 Å². The molecule has 30 heavy (non-hydrogen) atoms. The zero-order valence-electron chi connectivity index (χ0n) is 16.7. The van der Waals surface area contributed by atoms with Crippen molar-refractivity contribution in [1.29, 1.82) is 0 Å². The normalized spacial score (nSPS) is 15.6. The summed E-state index contributed by atoms with van der Waals surface area (Å²) in [4.78, 5) is 38.0. The highest BCUT2D eigenvalue weighted by atomic mass is 19.3. The second kappa shape index (κ2) is 7.69. The SMILES string of the molecule is COc1ccnc(C(=O)O)c1Nc1ncc2c(n1)N(C(C)C)CC(F)(F)C(=O)N2C. The molecule has 2 aromatic rings. The van der Waals surface area contributed by atoms with Gasteiger partial charge in [0.2, 0.25) is 5.95 Å². The monoisotopic (exact) mass is 422 g/mol. The maximum atomic E-state index is 14.4. The maximum absolute atomic E-state index is 14.4. The molecule has 3 rings (SSSR count). The standard InChI is InChI=1S/C18H20F2N6O4/c1-9(2)26-8-18(19,20)16(29)25(3)10-7-22-17(24-14(10)26)23-12-11(30-4)5-6-21-13(12)15(27)28/h5-7,9H,8H2,1-4H3,(H,27,28)(H,22,23,24). The van der Waals surface area contributed by atoms with Crippen LogP contribution in [0.5, 0.6) is 5.75 Å². The van der Waals surface area contributed by atoms with Gasteiger partial charge in [0.15, 0.2) is 11.5 Å². The third-order valence-corrected chi connectivity index (χ3v) is 4.57. The van der Waals surface area contributed by atoms with Crippen LogP contribution in [0.1, 0.15) is 24.3 Å². The van der Waals surface area contributed by atoms with Gasteiger partial charge in [-0.1, -0.05) is 0 Å². The van der Waals surface area contributed by atoms with Crippen molar-refractivity contribution in [2.75, 3.05) is 35.8 Å². The quantitative estimate of drug-likeness (QED) is 0.746. The fourth-order valence-electron chi connectivity index (χ4n) is 3.02. The van der Waals surface area contributed by atoms with Crippen molar-refractivity contribution in [2.24, 2.45) is 0 Å². The van der Waals surface area contributed by atoms with Crippen LogP contribution < -0.4 is 19.9 Å². The first-order chi connectivity index (χ1) is 14.1. The molecule has 0 radical (unpaired) electrons. The molecule has 1 aliphatic rings. The van der Waals surface area contributed by atoms with Gasteiger partial charge in [-0.2, -0.15) is 13.8 Å². The molecule has 0 bridgehead atoms. The average molecular weight is 422 g/mol. The fraction of sp³-hybridized carbons (Fsp3) is 0.389. The highest BCUT2D eigenvalue weighted by Gasteiger charge is 2.47. The number of ether oxygens (including phenoxy) is 1. The van der Waals surface area contributed by atoms with Crippen molar-refractivity contribution in [3.8, 4) is 5.75 Å². The molecule has 0 saturated heterocycles. The van der Waals surface area contributed by atoms with Crippen LogP contribution in [0.25, 0.3) is 0 Å². The highest BCUT2D eigenvalue weighted by molar-refractivity contribution is 6.02. The number of carbonyl (C=O) groups is 2. The number of hydrogen-bond acceptors (Lipinski definition) is 8. The van der Waals surface area contributed by atoms with Gasteiger partial charge in [0, 0.05) is 25.4 Å². The van der Waals surface area contributed by atoms with Gasteiger partial charge in [0.1, 0.15) is 17.1 Å². The maximum Gasteiger partial charge on any atom is 0.356 e. The highest BCUT2D eigenvalue weighted by Crippen LogP contribution is 2.37. The van der Waals surface area contributed by atoms with E-state index in [1.165, 1.54) is 37.5 Å². The zero-order valence-corrected chi connectivity index (χ0v) is 16.7. The number of rotatable bonds is 5. The molecule has 0 spiro atoms. The van der Waals surface area contributed by atoms with Gasteiger partial charge in [-0.05, 0) is 13.8 Å². The third kappa shape index (κ3) is 3.67. The van der Waals surface area contributed by atoms with Crippen LogP contribution in [-0.2, 0) is 4.79 Å². The number of methoxy groups -OCH3 is 1. The number of fused-ring (bicyclic) bond motifs is 1. The number of nitrogens with one attached hydrogen (secondary N) is 1. The molecular formula is C18H20F2N6O4. The lowest BCUT2D eigenvalue weighted by Crippen LogP contribution is -2.47. The number of anilines is 4. The molecule has 0 aromatic carbocycles. The van der Waals surface area contributed by atoms with Gasteiger partial charge in [0.05, 0.1) is 19.9 Å². The van der Waals surface area contributed by atoms with E-state index in [1.54, 1.807) is 13.8 Å². The molecule has 0 fully saturated rings. The number of amides is 1. The summed E-state index contributed by atoms with van der Waals surface area (Å²) in [5, 5.41) is 12.1. The molecule has 0 aliphatic carbocycles. The van der Waals surface area contributed by atoms with E-state index in [2.05, 4.69) is 20.3 Å². The summed E-state index contributed by atoms with van der Waals surface area (Å²) in [6.45, 7) is 2.53. The number of aromatic carboxylic acids is 1. The first kappa shape index (κ1) is 21.1. The van der Waals surface area contributed by atoms with E-state index in [1.807, 2.05) is 0 Å². The van der Waals surface area contributed by atoms with E-state index in [0.717, 1.165) is 4.90 Å². The Morgan fingerprint density at radius 1 is 1.37 bits per heavy atom. The Morgan fingerprint density at radius 3 is 2.67 bits per heavy atom. The van der Waals surface area contributed by atoms with Gasteiger partial charge in [-0.15, -0.1) is 0 Å². The Bertz CT molecular complexity index is 1000. The minimum atomic E-state index is -3.61. The second-order valence-corrected chi connectivity index (χ2v) is 6.86. The summed E-state index contributed by atoms with van der Waals surface area (Å²) < 4.78 is 33.9. The number of carboxylic acids is 1. The Balaban J connectivity index is 2.11. The van der Waals surface area contributed by atoms with Gasteiger partial charge in [-0.3, -0.25) is 4.79 Å². The first-order valence-electron chi connectivity index (χ1n) is 8.89. The summed E-state index contributed by atoms with van der Waals surface area (Å²) >= 11 is 0. The molecule has 0 atom stereocenters. The summed E-state index contributed by atoms with van der Waals surface area (Å²) in [5.74, 6) is -6.07. The summed E-state index contributed by atoms with van der Waals surface area (Å²) in [6.07, 6.45) is 2.50. The number of pyridine rings is 1. The first-order valence-corrected chi connectivity index (χ1v) is 8.89. The van der Waals surface area contributed by atoms with Crippen LogP contribution in [0.15, 0.2) is 18.5 Å². The lowest BCUT2D eigenvalue weighted by Gasteiger charge is -2.29. The minimum absolute atomic E-state index is 0.00642. The van der Waals surface area contributed by atoms with Crippen LogP contribution in [0, 0.1) is 0 Å². The zero-order chi connectivity index (χ0) is 22.2. The summed E-state index contributed by atoms with van der Waals surface area (Å²) in [6, 6.07) is 1.05. The predicted octanol–water partition coefficient (Wildman–Crippen LogP) is 2.15. The molecular weight excluding hydrogens is 402 g/mol. The van der Waals surface area contributed by atoms with Crippen molar-refractivity contribution in [2.45, 2.75) is 25.8 Å². The lowest BCUT2D eigenvalue weighted by atomic mass is 10.2. The van der Waals surface area contributed by atoms with Crippen molar-refractivity contribution in [1.82, 2.24) is 15.0 Å². The van der Waals surface area contributed by atoms with Crippen molar-refractivity contribution in [3.05, 3.63) is 24.2 Å². The van der Waals surface area contributed by atoms with E-state index in [-0.39, 0.29) is 34.6 Å². The molecule has 12 heteroatoms. The molecule has 1 aliphatic heterocycles. The predicted molar refractivity (Wildman–Crippen MR) is 104 cm³/mol. The van der Waals surface area contributed by atoms with Crippen LogP contribution >= 0.6 is 0 Å². The number of halogens is 2. The number of carbonyl (C=O) groups excluding carboxylic acids is 1. The van der Waals surface area contributed by atoms with E-state index in [0.29, 0.717) is 0 Å². The minimum Gasteiger partial charge on any atom is -0.494 e. The van der Waals surface area contributed by atoms with E-state index in [4.69, 9.17) is 4.74 Å². The van der Waals surface area contributed by atoms with E-state index >= 15 is 0 Å². The molecule has 2 N–H and O–H groups in total. The van der Waals surface area contributed by atoms with Crippen LogP contribution in [-0.4, -0.2) is 64.6 Å². The number of hydrogen-bond donors (Lipinski definition) is 2. The Morgan fingerprint density at radius 2 is 2.07 bits per heavy atom. The van der Waals surface area contributed by atoms with Gasteiger partial charge in [-0.25, -0.2) is 14.8 Å². The van der Waals surface area contributed by atoms with Gasteiger partial charge in [0.25, 0.3) is 5.91 Å². The molecule has 160 valence electrons. The fourth-order valence-corrected chi connectivity index (χ4v) is 3.02.